The van der Waals surface area contributed by atoms with Gasteiger partial charge in [-0.15, -0.1) is 0 Å². The third kappa shape index (κ3) is 2.72. The van der Waals surface area contributed by atoms with E-state index in [0.717, 1.165) is 49.1 Å². The van der Waals surface area contributed by atoms with Gasteiger partial charge in [0.05, 0.1) is 5.52 Å². The lowest BCUT2D eigenvalue weighted by molar-refractivity contribution is -0.134. The first-order valence-electron chi connectivity index (χ1n) is 8.86. The van der Waals surface area contributed by atoms with Gasteiger partial charge < -0.3 is 9.80 Å². The number of hydrogen-bond acceptors (Lipinski definition) is 4. The van der Waals surface area contributed by atoms with Gasteiger partial charge in [-0.2, -0.15) is 0 Å². The van der Waals surface area contributed by atoms with Gasteiger partial charge in [-0.1, -0.05) is 19.1 Å². The molecule has 0 bridgehead atoms. The van der Waals surface area contributed by atoms with Crippen LogP contribution in [0.3, 0.4) is 0 Å². The average Bonchev–Trinajstić information content (AvgIpc) is 3.37. The van der Waals surface area contributed by atoms with E-state index in [1.807, 2.05) is 30.1 Å². The SMILES string of the molecule is C[C@H]1C[C@@H]1C(=O)N(C)C1CCN(c2ncnc3ccccc23)CC1. The van der Waals surface area contributed by atoms with Crippen molar-refractivity contribution in [3.63, 3.8) is 0 Å². The number of piperidine rings is 1. The summed E-state index contributed by atoms with van der Waals surface area (Å²) in [4.78, 5) is 25.6. The maximum Gasteiger partial charge on any atom is 0.225 e. The Balaban J connectivity index is 1.45. The molecule has 1 saturated carbocycles. The number of aromatic nitrogens is 2. The summed E-state index contributed by atoms with van der Waals surface area (Å²) < 4.78 is 0. The molecule has 2 fully saturated rings. The van der Waals surface area contributed by atoms with Crippen LogP contribution in [-0.2, 0) is 4.79 Å². The molecule has 0 N–H and O–H groups in total. The summed E-state index contributed by atoms with van der Waals surface area (Å²) in [5, 5.41) is 1.11. The van der Waals surface area contributed by atoms with E-state index >= 15 is 0 Å². The van der Waals surface area contributed by atoms with Crippen LogP contribution in [-0.4, -0.2) is 47.0 Å². The Morgan fingerprint density at radius 1 is 1.21 bits per heavy atom. The van der Waals surface area contributed by atoms with Crippen LogP contribution in [0.4, 0.5) is 5.82 Å². The minimum Gasteiger partial charge on any atom is -0.356 e. The molecule has 1 aliphatic heterocycles. The normalized spacial score (nSPS) is 24.2. The number of anilines is 1. The zero-order valence-corrected chi connectivity index (χ0v) is 14.4. The van der Waals surface area contributed by atoms with E-state index in [2.05, 4.69) is 27.9 Å². The van der Waals surface area contributed by atoms with Crippen molar-refractivity contribution in [2.24, 2.45) is 11.8 Å². The lowest BCUT2D eigenvalue weighted by atomic mass is 10.0. The molecule has 1 aliphatic carbocycles. The molecule has 0 radical (unpaired) electrons. The quantitative estimate of drug-likeness (QED) is 0.871. The molecule has 0 unspecified atom stereocenters. The van der Waals surface area contributed by atoms with Crippen LogP contribution in [0.25, 0.3) is 10.9 Å². The number of benzene rings is 1. The van der Waals surface area contributed by atoms with Crippen molar-refractivity contribution in [2.75, 3.05) is 25.0 Å². The minimum atomic E-state index is 0.277. The third-order valence-electron chi connectivity index (χ3n) is 5.61. The summed E-state index contributed by atoms with van der Waals surface area (Å²) in [6, 6.07) is 8.50. The van der Waals surface area contributed by atoms with E-state index in [1.165, 1.54) is 0 Å². The molecule has 1 aromatic carbocycles. The molecule has 1 amide bonds. The van der Waals surface area contributed by atoms with Crippen molar-refractivity contribution in [3.05, 3.63) is 30.6 Å². The van der Waals surface area contributed by atoms with Gasteiger partial charge in [0, 0.05) is 37.5 Å². The van der Waals surface area contributed by atoms with Gasteiger partial charge in [0.1, 0.15) is 12.1 Å². The van der Waals surface area contributed by atoms with E-state index in [9.17, 15) is 4.79 Å². The van der Waals surface area contributed by atoms with Gasteiger partial charge in [-0.3, -0.25) is 4.79 Å². The lowest BCUT2D eigenvalue weighted by Gasteiger charge is -2.37. The maximum absolute atomic E-state index is 12.4. The third-order valence-corrected chi connectivity index (χ3v) is 5.61. The highest BCUT2D eigenvalue weighted by Crippen LogP contribution is 2.39. The number of hydrogen-bond donors (Lipinski definition) is 0. The van der Waals surface area contributed by atoms with Crippen molar-refractivity contribution in [2.45, 2.75) is 32.2 Å². The highest BCUT2D eigenvalue weighted by Gasteiger charge is 2.42. The summed E-state index contributed by atoms with van der Waals surface area (Å²) in [5.74, 6) is 2.21. The van der Waals surface area contributed by atoms with Gasteiger partial charge in [-0.25, -0.2) is 9.97 Å². The van der Waals surface area contributed by atoms with Crippen molar-refractivity contribution >= 4 is 22.6 Å². The molecular weight excluding hydrogens is 300 g/mol. The molecule has 126 valence electrons. The predicted molar refractivity (Wildman–Crippen MR) is 94.8 cm³/mol. The smallest absolute Gasteiger partial charge is 0.225 e. The fraction of sp³-hybridized carbons (Fsp3) is 0.526. The second-order valence-corrected chi connectivity index (χ2v) is 7.20. The van der Waals surface area contributed by atoms with Crippen LogP contribution in [0, 0.1) is 11.8 Å². The van der Waals surface area contributed by atoms with Crippen molar-refractivity contribution in [3.8, 4) is 0 Å². The summed E-state index contributed by atoms with van der Waals surface area (Å²) in [7, 11) is 1.98. The zero-order chi connectivity index (χ0) is 16.7. The standard InChI is InChI=1S/C19H24N4O/c1-13-11-16(13)19(24)22(2)14-7-9-23(10-8-14)18-15-5-3-4-6-17(15)20-12-21-18/h3-6,12-14,16H,7-11H2,1-2H3/t13-,16-/m0/s1. The fourth-order valence-electron chi connectivity index (χ4n) is 3.82. The second kappa shape index (κ2) is 6.04. The number of fused-ring (bicyclic) bond motifs is 1. The van der Waals surface area contributed by atoms with Crippen LogP contribution in [0.5, 0.6) is 0 Å². The van der Waals surface area contributed by atoms with E-state index in [4.69, 9.17) is 0 Å². The molecule has 2 atom stereocenters. The summed E-state index contributed by atoms with van der Waals surface area (Å²) in [6.45, 7) is 4.03. The summed E-state index contributed by atoms with van der Waals surface area (Å²) in [5.41, 5.74) is 0.986. The first-order chi connectivity index (χ1) is 11.6. The summed E-state index contributed by atoms with van der Waals surface area (Å²) in [6.07, 6.45) is 4.71. The molecule has 2 aliphatic rings. The van der Waals surface area contributed by atoms with E-state index in [-0.39, 0.29) is 5.92 Å². The first-order valence-corrected chi connectivity index (χ1v) is 8.86. The molecule has 24 heavy (non-hydrogen) atoms. The molecule has 4 rings (SSSR count). The van der Waals surface area contributed by atoms with Crippen molar-refractivity contribution in [1.29, 1.82) is 0 Å². The van der Waals surface area contributed by atoms with Crippen molar-refractivity contribution < 1.29 is 4.79 Å². The maximum atomic E-state index is 12.4. The predicted octanol–water partition coefficient (Wildman–Crippen LogP) is 2.71. The van der Waals surface area contributed by atoms with Crippen LogP contribution < -0.4 is 4.90 Å². The molecule has 0 spiro atoms. The summed E-state index contributed by atoms with van der Waals surface area (Å²) >= 11 is 0. The first kappa shape index (κ1) is 15.4. The van der Waals surface area contributed by atoms with Crippen LogP contribution in [0.15, 0.2) is 30.6 Å². The Hall–Kier alpha value is -2.17. The Labute approximate surface area is 142 Å². The number of carbonyl (C=O) groups is 1. The minimum absolute atomic E-state index is 0.277. The molecule has 1 aromatic heterocycles. The van der Waals surface area contributed by atoms with E-state index < -0.39 is 0 Å². The topological polar surface area (TPSA) is 49.3 Å². The average molecular weight is 324 g/mol. The molecule has 5 heteroatoms. The highest BCUT2D eigenvalue weighted by molar-refractivity contribution is 5.89. The number of rotatable bonds is 3. The number of nitrogens with zero attached hydrogens (tertiary/aromatic N) is 4. The molecule has 2 heterocycles. The largest absolute Gasteiger partial charge is 0.356 e. The monoisotopic (exact) mass is 324 g/mol. The van der Waals surface area contributed by atoms with E-state index in [0.29, 0.717) is 17.9 Å². The molecule has 2 aromatic rings. The van der Waals surface area contributed by atoms with Gasteiger partial charge in [0.15, 0.2) is 0 Å². The number of para-hydroxylation sites is 1. The van der Waals surface area contributed by atoms with Crippen LogP contribution in [0.1, 0.15) is 26.2 Å². The van der Waals surface area contributed by atoms with E-state index in [1.54, 1.807) is 6.33 Å². The molecular formula is C19H24N4O. The number of amides is 1. The number of carbonyl (C=O) groups excluding carboxylic acids is 1. The van der Waals surface area contributed by atoms with Gasteiger partial charge in [0.2, 0.25) is 5.91 Å². The van der Waals surface area contributed by atoms with Gasteiger partial charge in [0.25, 0.3) is 0 Å². The Morgan fingerprint density at radius 3 is 2.62 bits per heavy atom. The Morgan fingerprint density at radius 2 is 1.92 bits per heavy atom. The Kier molecular flexibility index (Phi) is 3.87. The van der Waals surface area contributed by atoms with Crippen molar-refractivity contribution in [1.82, 2.24) is 14.9 Å². The molecule has 1 saturated heterocycles. The van der Waals surface area contributed by atoms with Gasteiger partial charge >= 0.3 is 0 Å². The second-order valence-electron chi connectivity index (χ2n) is 7.20. The Bertz CT molecular complexity index is 749. The highest BCUT2D eigenvalue weighted by atomic mass is 16.2. The van der Waals surface area contributed by atoms with Crippen LogP contribution >= 0.6 is 0 Å². The lowest BCUT2D eigenvalue weighted by Crippen LogP contribution is -2.46. The fourth-order valence-corrected chi connectivity index (χ4v) is 3.82. The van der Waals surface area contributed by atoms with Crippen LogP contribution in [0.2, 0.25) is 0 Å². The molecule has 5 nitrogen and oxygen atoms in total. The van der Waals surface area contributed by atoms with Gasteiger partial charge in [-0.05, 0) is 37.3 Å². The zero-order valence-electron chi connectivity index (χ0n) is 14.4.